The molecule has 96 valence electrons. The first-order chi connectivity index (χ1) is 9.17. The van der Waals surface area contributed by atoms with Crippen molar-refractivity contribution in [3.63, 3.8) is 0 Å². The van der Waals surface area contributed by atoms with Crippen LogP contribution in [0, 0.1) is 11.3 Å². The van der Waals surface area contributed by atoms with Gasteiger partial charge in [0.1, 0.15) is 18.0 Å². The predicted octanol–water partition coefficient (Wildman–Crippen LogP) is 2.26. The van der Waals surface area contributed by atoms with Crippen molar-refractivity contribution in [3.8, 4) is 6.07 Å². The highest BCUT2D eigenvalue weighted by Gasteiger charge is 2.13. The molecule has 0 saturated carbocycles. The lowest BCUT2D eigenvalue weighted by Gasteiger charge is -2.21. The number of anilines is 3. The molecule has 2 rings (SSSR count). The molecule has 0 saturated heterocycles. The number of benzene rings is 1. The molecule has 19 heavy (non-hydrogen) atoms. The Morgan fingerprint density at radius 1 is 1.37 bits per heavy atom. The Balaban J connectivity index is 2.47. The molecule has 0 amide bonds. The minimum Gasteiger partial charge on any atom is -0.383 e. The number of nitriles is 1. The van der Waals surface area contributed by atoms with Crippen molar-refractivity contribution >= 4 is 17.3 Å². The van der Waals surface area contributed by atoms with Gasteiger partial charge >= 0.3 is 0 Å². The lowest BCUT2D eigenvalue weighted by Crippen LogP contribution is -2.15. The number of aromatic nitrogens is 2. The van der Waals surface area contributed by atoms with Gasteiger partial charge < -0.3 is 10.6 Å². The Labute approximate surface area is 112 Å². The van der Waals surface area contributed by atoms with Crippen molar-refractivity contribution in [1.82, 2.24) is 9.97 Å². The van der Waals surface area contributed by atoms with Gasteiger partial charge in [-0.15, -0.1) is 0 Å². The molecule has 2 aromatic rings. The van der Waals surface area contributed by atoms with Gasteiger partial charge in [-0.05, 0) is 24.6 Å². The molecule has 1 aromatic heterocycles. The van der Waals surface area contributed by atoms with Crippen LogP contribution in [0.5, 0.6) is 0 Å². The average Bonchev–Trinajstić information content (AvgIpc) is 2.46. The Hall–Kier alpha value is -2.61. The van der Waals surface area contributed by atoms with Crippen LogP contribution in [0.3, 0.4) is 0 Å². The van der Waals surface area contributed by atoms with Crippen molar-refractivity contribution in [3.05, 3.63) is 41.7 Å². The summed E-state index contributed by atoms with van der Waals surface area (Å²) in [6, 6.07) is 9.49. The second-order valence-electron chi connectivity index (χ2n) is 4.14. The van der Waals surface area contributed by atoms with E-state index in [1.807, 2.05) is 37.1 Å². The molecular formula is C14H15N5. The van der Waals surface area contributed by atoms with Gasteiger partial charge in [-0.2, -0.15) is 5.26 Å². The smallest absolute Gasteiger partial charge is 0.141 e. The van der Waals surface area contributed by atoms with E-state index in [2.05, 4.69) is 16.0 Å². The van der Waals surface area contributed by atoms with Gasteiger partial charge in [0.25, 0.3) is 0 Å². The van der Waals surface area contributed by atoms with Crippen molar-refractivity contribution in [2.75, 3.05) is 17.7 Å². The Bertz CT molecular complexity index is 630. The maximum atomic E-state index is 8.95. The highest BCUT2D eigenvalue weighted by molar-refractivity contribution is 5.66. The summed E-state index contributed by atoms with van der Waals surface area (Å²) in [5, 5.41) is 8.95. The monoisotopic (exact) mass is 253 g/mol. The van der Waals surface area contributed by atoms with E-state index >= 15 is 0 Å². The second kappa shape index (κ2) is 5.36. The third kappa shape index (κ3) is 2.47. The van der Waals surface area contributed by atoms with Gasteiger partial charge in [0.05, 0.1) is 11.6 Å². The first kappa shape index (κ1) is 12.8. The first-order valence-corrected chi connectivity index (χ1v) is 6.00. The van der Waals surface area contributed by atoms with E-state index in [0.717, 1.165) is 23.5 Å². The molecule has 5 heteroatoms. The van der Waals surface area contributed by atoms with Crippen LogP contribution in [0.25, 0.3) is 0 Å². The van der Waals surface area contributed by atoms with Crippen molar-refractivity contribution < 1.29 is 0 Å². The van der Waals surface area contributed by atoms with Crippen molar-refractivity contribution in [1.29, 1.82) is 5.26 Å². The van der Waals surface area contributed by atoms with E-state index in [9.17, 15) is 0 Å². The summed E-state index contributed by atoms with van der Waals surface area (Å²) in [5.41, 5.74) is 8.29. The average molecular weight is 253 g/mol. The maximum absolute atomic E-state index is 8.95. The lowest BCUT2D eigenvalue weighted by molar-refractivity contribution is 1.01. The molecule has 5 nitrogen and oxygen atoms in total. The molecule has 0 aliphatic carbocycles. The van der Waals surface area contributed by atoms with Crippen LogP contribution >= 0.6 is 0 Å². The fourth-order valence-electron chi connectivity index (χ4n) is 1.95. The van der Waals surface area contributed by atoms with Gasteiger partial charge in [-0.1, -0.05) is 13.0 Å². The number of nitrogen functional groups attached to an aromatic ring is 1. The van der Waals surface area contributed by atoms with E-state index in [1.165, 1.54) is 6.33 Å². The Morgan fingerprint density at radius 3 is 2.84 bits per heavy atom. The summed E-state index contributed by atoms with van der Waals surface area (Å²) in [4.78, 5) is 10.2. The SMILES string of the molecule is CCc1c(N)ncnc1N(C)c1cccc(C#N)c1. The third-order valence-electron chi connectivity index (χ3n) is 2.99. The van der Waals surface area contributed by atoms with Crippen LogP contribution in [0.1, 0.15) is 18.1 Å². The Morgan fingerprint density at radius 2 is 2.16 bits per heavy atom. The number of hydrogen-bond donors (Lipinski definition) is 1. The molecule has 0 atom stereocenters. The summed E-state index contributed by atoms with van der Waals surface area (Å²) >= 11 is 0. The van der Waals surface area contributed by atoms with Crippen LogP contribution in [0.15, 0.2) is 30.6 Å². The fourth-order valence-corrected chi connectivity index (χ4v) is 1.95. The van der Waals surface area contributed by atoms with Crippen LogP contribution in [-0.4, -0.2) is 17.0 Å². The lowest BCUT2D eigenvalue weighted by atomic mass is 10.1. The van der Waals surface area contributed by atoms with Crippen LogP contribution in [-0.2, 0) is 6.42 Å². The van der Waals surface area contributed by atoms with Crippen LogP contribution < -0.4 is 10.6 Å². The molecule has 0 radical (unpaired) electrons. The van der Waals surface area contributed by atoms with E-state index in [-0.39, 0.29) is 0 Å². The molecular weight excluding hydrogens is 238 g/mol. The molecule has 0 bridgehead atoms. The van der Waals surface area contributed by atoms with E-state index in [4.69, 9.17) is 11.0 Å². The molecule has 0 spiro atoms. The van der Waals surface area contributed by atoms with Crippen molar-refractivity contribution in [2.45, 2.75) is 13.3 Å². The van der Waals surface area contributed by atoms with Gasteiger partial charge in [-0.3, -0.25) is 0 Å². The van der Waals surface area contributed by atoms with E-state index in [0.29, 0.717) is 11.4 Å². The number of nitrogens with two attached hydrogens (primary N) is 1. The molecule has 1 heterocycles. The first-order valence-electron chi connectivity index (χ1n) is 6.00. The largest absolute Gasteiger partial charge is 0.383 e. The summed E-state index contributed by atoms with van der Waals surface area (Å²) in [7, 11) is 1.90. The number of hydrogen-bond acceptors (Lipinski definition) is 5. The molecule has 1 aromatic carbocycles. The zero-order valence-corrected chi connectivity index (χ0v) is 11.0. The minimum atomic E-state index is 0.496. The summed E-state index contributed by atoms with van der Waals surface area (Å²) < 4.78 is 0. The number of nitrogens with zero attached hydrogens (tertiary/aromatic N) is 4. The molecule has 2 N–H and O–H groups in total. The maximum Gasteiger partial charge on any atom is 0.141 e. The topological polar surface area (TPSA) is 78.8 Å². The quantitative estimate of drug-likeness (QED) is 0.907. The van der Waals surface area contributed by atoms with Crippen LogP contribution in [0.4, 0.5) is 17.3 Å². The van der Waals surface area contributed by atoms with Gasteiger partial charge in [0, 0.05) is 18.3 Å². The highest BCUT2D eigenvalue weighted by Crippen LogP contribution is 2.27. The van der Waals surface area contributed by atoms with Gasteiger partial charge in [-0.25, -0.2) is 9.97 Å². The minimum absolute atomic E-state index is 0.496. The zero-order valence-electron chi connectivity index (χ0n) is 11.0. The standard InChI is InChI=1S/C14H15N5/c1-3-12-13(16)17-9-18-14(12)19(2)11-6-4-5-10(7-11)8-15/h4-7,9H,3H2,1-2H3,(H2,16,17,18). The number of rotatable bonds is 3. The summed E-state index contributed by atoms with van der Waals surface area (Å²) in [6.07, 6.45) is 2.21. The normalized spacial score (nSPS) is 9.95. The molecule has 0 aliphatic heterocycles. The second-order valence-corrected chi connectivity index (χ2v) is 4.14. The Kier molecular flexibility index (Phi) is 3.62. The van der Waals surface area contributed by atoms with E-state index in [1.54, 1.807) is 6.07 Å². The molecule has 0 unspecified atom stereocenters. The van der Waals surface area contributed by atoms with Crippen LogP contribution in [0.2, 0.25) is 0 Å². The summed E-state index contributed by atoms with van der Waals surface area (Å²) in [5.74, 6) is 1.26. The molecule has 0 aliphatic rings. The van der Waals surface area contributed by atoms with Gasteiger partial charge in [0.15, 0.2) is 0 Å². The predicted molar refractivity (Wildman–Crippen MR) is 75.0 cm³/mol. The zero-order chi connectivity index (χ0) is 13.8. The summed E-state index contributed by atoms with van der Waals surface area (Å²) in [6.45, 7) is 2.01. The van der Waals surface area contributed by atoms with Crippen molar-refractivity contribution in [2.24, 2.45) is 0 Å². The highest BCUT2D eigenvalue weighted by atomic mass is 15.2. The van der Waals surface area contributed by atoms with Gasteiger partial charge in [0.2, 0.25) is 0 Å². The van der Waals surface area contributed by atoms with E-state index < -0.39 is 0 Å². The molecule has 0 fully saturated rings. The fraction of sp³-hybridized carbons (Fsp3) is 0.214. The third-order valence-corrected chi connectivity index (χ3v) is 2.99.